The molecule has 2 nitrogen and oxygen atoms in total. The Hall–Kier alpha value is -0.930. The zero-order chi connectivity index (χ0) is 11.0. The summed E-state index contributed by atoms with van der Waals surface area (Å²) < 4.78 is 13.7. The van der Waals surface area contributed by atoms with E-state index < -0.39 is 0 Å². The predicted octanol–water partition coefficient (Wildman–Crippen LogP) is 1.83. The van der Waals surface area contributed by atoms with Crippen molar-refractivity contribution in [2.45, 2.75) is 25.9 Å². The lowest BCUT2D eigenvalue weighted by Crippen LogP contribution is -2.27. The van der Waals surface area contributed by atoms with E-state index in [-0.39, 0.29) is 11.9 Å². The second-order valence-electron chi connectivity index (χ2n) is 4.42. The smallest absolute Gasteiger partial charge is 0.128 e. The van der Waals surface area contributed by atoms with Crippen molar-refractivity contribution in [2.75, 3.05) is 13.6 Å². The molecule has 0 saturated carbocycles. The molecule has 0 spiro atoms. The molecular weight excluding hydrogens is 191 g/mol. The Morgan fingerprint density at radius 1 is 1.40 bits per heavy atom. The molecule has 1 heterocycles. The number of rotatable bonds is 1. The summed E-state index contributed by atoms with van der Waals surface area (Å²) in [5.74, 6) is -0.168. The van der Waals surface area contributed by atoms with Crippen LogP contribution in [0.4, 0.5) is 4.39 Å². The van der Waals surface area contributed by atoms with Crippen LogP contribution in [-0.2, 0) is 13.0 Å². The van der Waals surface area contributed by atoms with Crippen LogP contribution in [0.1, 0.15) is 29.7 Å². The van der Waals surface area contributed by atoms with Crippen molar-refractivity contribution in [3.05, 3.63) is 34.6 Å². The fraction of sp³-hybridized carbons (Fsp3) is 0.500. The van der Waals surface area contributed by atoms with Gasteiger partial charge in [-0.05, 0) is 37.6 Å². The van der Waals surface area contributed by atoms with E-state index in [1.54, 1.807) is 6.07 Å². The number of hydrogen-bond donors (Lipinski definition) is 1. The predicted molar refractivity (Wildman–Crippen MR) is 59.0 cm³/mol. The third kappa shape index (κ3) is 2.03. The monoisotopic (exact) mass is 208 g/mol. The minimum absolute atomic E-state index is 0.168. The highest BCUT2D eigenvalue weighted by Crippen LogP contribution is 2.24. The van der Waals surface area contributed by atoms with Crippen molar-refractivity contribution in [3.63, 3.8) is 0 Å². The summed E-state index contributed by atoms with van der Waals surface area (Å²) in [7, 11) is 2.06. The van der Waals surface area contributed by atoms with Gasteiger partial charge in [-0.1, -0.05) is 6.07 Å². The zero-order valence-electron chi connectivity index (χ0n) is 9.26. The molecule has 3 heteroatoms. The van der Waals surface area contributed by atoms with Crippen molar-refractivity contribution in [2.24, 2.45) is 5.73 Å². The summed E-state index contributed by atoms with van der Waals surface area (Å²) in [4.78, 5) is 2.20. The molecule has 1 aromatic rings. The van der Waals surface area contributed by atoms with Crippen LogP contribution >= 0.6 is 0 Å². The lowest BCUT2D eigenvalue weighted by atomic mass is 9.95. The quantitative estimate of drug-likeness (QED) is 0.763. The number of nitrogens with zero attached hydrogens (tertiary/aromatic N) is 1. The van der Waals surface area contributed by atoms with E-state index in [4.69, 9.17) is 5.73 Å². The molecule has 0 aliphatic carbocycles. The topological polar surface area (TPSA) is 29.3 Å². The summed E-state index contributed by atoms with van der Waals surface area (Å²) in [6.45, 7) is 3.70. The highest BCUT2D eigenvalue weighted by Gasteiger charge is 2.17. The van der Waals surface area contributed by atoms with Crippen molar-refractivity contribution in [1.29, 1.82) is 0 Å². The zero-order valence-corrected chi connectivity index (χ0v) is 9.26. The fourth-order valence-electron chi connectivity index (χ4n) is 2.09. The summed E-state index contributed by atoms with van der Waals surface area (Å²) in [5, 5.41) is 0. The molecule has 1 atom stereocenters. The minimum Gasteiger partial charge on any atom is -0.324 e. The molecule has 2 rings (SSSR count). The summed E-state index contributed by atoms with van der Waals surface area (Å²) in [5.41, 5.74) is 8.72. The maximum atomic E-state index is 13.7. The van der Waals surface area contributed by atoms with Crippen LogP contribution in [0, 0.1) is 5.82 Å². The number of hydrogen-bond acceptors (Lipinski definition) is 2. The number of benzene rings is 1. The summed E-state index contributed by atoms with van der Waals surface area (Å²) in [6.07, 6.45) is 0.992. The third-order valence-corrected chi connectivity index (χ3v) is 3.01. The first-order chi connectivity index (χ1) is 7.08. The van der Waals surface area contributed by atoms with Gasteiger partial charge < -0.3 is 10.6 Å². The first-order valence-electron chi connectivity index (χ1n) is 5.33. The number of halogens is 1. The second-order valence-corrected chi connectivity index (χ2v) is 4.42. The standard InChI is InChI=1S/C12H17FN2/c1-8(14)11-5-9-3-4-15(2)7-10(9)6-12(11)13/h5-6,8H,3-4,7,14H2,1-2H3. The highest BCUT2D eigenvalue weighted by atomic mass is 19.1. The third-order valence-electron chi connectivity index (χ3n) is 3.01. The van der Waals surface area contributed by atoms with Gasteiger partial charge in [-0.15, -0.1) is 0 Å². The Morgan fingerprint density at radius 3 is 2.80 bits per heavy atom. The number of fused-ring (bicyclic) bond motifs is 1. The molecule has 1 aromatic carbocycles. The maximum absolute atomic E-state index is 13.7. The van der Waals surface area contributed by atoms with Crippen LogP contribution < -0.4 is 5.73 Å². The van der Waals surface area contributed by atoms with Crippen molar-refractivity contribution >= 4 is 0 Å². The number of likely N-dealkylation sites (N-methyl/N-ethyl adjacent to an activating group) is 1. The molecule has 0 saturated heterocycles. The van der Waals surface area contributed by atoms with Crippen LogP contribution in [0.15, 0.2) is 12.1 Å². The van der Waals surface area contributed by atoms with Gasteiger partial charge in [0.2, 0.25) is 0 Å². The Morgan fingerprint density at radius 2 is 2.13 bits per heavy atom. The van der Waals surface area contributed by atoms with Gasteiger partial charge in [0.1, 0.15) is 5.82 Å². The van der Waals surface area contributed by atoms with Crippen LogP contribution in [0.5, 0.6) is 0 Å². The fourth-order valence-corrected chi connectivity index (χ4v) is 2.09. The molecule has 15 heavy (non-hydrogen) atoms. The Balaban J connectivity index is 2.42. The molecule has 1 aliphatic heterocycles. The van der Waals surface area contributed by atoms with Crippen LogP contribution in [0.25, 0.3) is 0 Å². The van der Waals surface area contributed by atoms with Crippen LogP contribution in [0.2, 0.25) is 0 Å². The maximum Gasteiger partial charge on any atom is 0.128 e. The van der Waals surface area contributed by atoms with E-state index >= 15 is 0 Å². The van der Waals surface area contributed by atoms with E-state index in [0.29, 0.717) is 5.56 Å². The average molecular weight is 208 g/mol. The second kappa shape index (κ2) is 3.91. The Kier molecular flexibility index (Phi) is 2.76. The van der Waals surface area contributed by atoms with Crippen molar-refractivity contribution in [1.82, 2.24) is 4.90 Å². The van der Waals surface area contributed by atoms with Crippen LogP contribution in [-0.4, -0.2) is 18.5 Å². The van der Waals surface area contributed by atoms with E-state index in [9.17, 15) is 4.39 Å². The largest absolute Gasteiger partial charge is 0.324 e. The molecule has 1 aliphatic rings. The minimum atomic E-state index is -0.227. The molecule has 0 radical (unpaired) electrons. The average Bonchev–Trinajstić information content (AvgIpc) is 2.15. The first kappa shape index (κ1) is 10.6. The van der Waals surface area contributed by atoms with Gasteiger partial charge in [-0.3, -0.25) is 0 Å². The van der Waals surface area contributed by atoms with E-state index in [1.807, 2.05) is 13.0 Å². The first-order valence-corrected chi connectivity index (χ1v) is 5.33. The molecular formula is C12H17FN2. The summed E-state index contributed by atoms with van der Waals surface area (Å²) >= 11 is 0. The molecule has 0 fully saturated rings. The number of nitrogens with two attached hydrogens (primary N) is 1. The van der Waals surface area contributed by atoms with E-state index in [1.165, 1.54) is 5.56 Å². The van der Waals surface area contributed by atoms with E-state index in [2.05, 4.69) is 11.9 Å². The molecule has 82 valence electrons. The van der Waals surface area contributed by atoms with Gasteiger partial charge in [0, 0.05) is 24.7 Å². The SMILES string of the molecule is CC(N)c1cc2c(cc1F)CN(C)CC2. The summed E-state index contributed by atoms with van der Waals surface area (Å²) in [6, 6.07) is 3.35. The van der Waals surface area contributed by atoms with Crippen molar-refractivity contribution in [3.8, 4) is 0 Å². The molecule has 0 aromatic heterocycles. The van der Waals surface area contributed by atoms with Gasteiger partial charge in [-0.25, -0.2) is 4.39 Å². The molecule has 1 unspecified atom stereocenters. The molecule has 0 bridgehead atoms. The van der Waals surface area contributed by atoms with Crippen molar-refractivity contribution < 1.29 is 4.39 Å². The van der Waals surface area contributed by atoms with Gasteiger partial charge in [0.05, 0.1) is 0 Å². The van der Waals surface area contributed by atoms with Gasteiger partial charge >= 0.3 is 0 Å². The highest BCUT2D eigenvalue weighted by molar-refractivity contribution is 5.36. The van der Waals surface area contributed by atoms with Crippen LogP contribution in [0.3, 0.4) is 0 Å². The Bertz CT molecular complexity index is 374. The van der Waals surface area contributed by atoms with Gasteiger partial charge in [0.25, 0.3) is 0 Å². The molecule has 0 amide bonds. The Labute approximate surface area is 89.9 Å². The normalized spacial score (nSPS) is 18.7. The lowest BCUT2D eigenvalue weighted by Gasteiger charge is -2.26. The molecule has 2 N–H and O–H groups in total. The van der Waals surface area contributed by atoms with E-state index in [0.717, 1.165) is 25.1 Å². The van der Waals surface area contributed by atoms with Gasteiger partial charge in [-0.2, -0.15) is 0 Å². The van der Waals surface area contributed by atoms with Gasteiger partial charge in [0.15, 0.2) is 0 Å². The lowest BCUT2D eigenvalue weighted by molar-refractivity contribution is 0.311.